The molecule has 0 spiro atoms. The molecule has 1 N–H and O–H groups in total. The molecule has 1 aromatic heterocycles. The Bertz CT molecular complexity index is 304. The number of amides is 1. The van der Waals surface area contributed by atoms with Gasteiger partial charge in [0.2, 0.25) is 5.91 Å². The van der Waals surface area contributed by atoms with E-state index in [0.717, 1.165) is 12.1 Å². The Morgan fingerprint density at radius 2 is 2.36 bits per heavy atom. The Labute approximate surface area is 63.4 Å². The first-order valence-electron chi connectivity index (χ1n) is 3.46. The topological polar surface area (TPSA) is 59.8 Å². The van der Waals surface area contributed by atoms with Crippen LogP contribution in [-0.4, -0.2) is 20.9 Å². The monoisotopic (exact) mass is 152 g/mol. The number of rotatable bonds is 0. The molecule has 0 fully saturated rings. The molecule has 0 atom stereocenters. The van der Waals surface area contributed by atoms with Crippen molar-refractivity contribution >= 4 is 11.7 Å². The molecule has 2 heterocycles. The largest absolute Gasteiger partial charge is 0.308 e. The summed E-state index contributed by atoms with van der Waals surface area (Å²) in [5.41, 5.74) is 1.00. The second-order valence-corrected chi connectivity index (χ2v) is 2.56. The van der Waals surface area contributed by atoms with Crippen LogP contribution >= 0.6 is 0 Å². The molecule has 0 unspecified atom stereocenters. The van der Waals surface area contributed by atoms with Crippen molar-refractivity contribution in [2.45, 2.75) is 12.8 Å². The van der Waals surface area contributed by atoms with Crippen LogP contribution in [0.2, 0.25) is 0 Å². The summed E-state index contributed by atoms with van der Waals surface area (Å²) in [4.78, 5) is 10.8. The minimum Gasteiger partial charge on any atom is -0.308 e. The van der Waals surface area contributed by atoms with Crippen molar-refractivity contribution in [1.82, 2.24) is 15.0 Å². The van der Waals surface area contributed by atoms with Gasteiger partial charge in [-0.25, -0.2) is 0 Å². The maximum atomic E-state index is 10.8. The second-order valence-electron chi connectivity index (χ2n) is 2.56. The lowest BCUT2D eigenvalue weighted by Gasteiger charge is -2.10. The summed E-state index contributed by atoms with van der Waals surface area (Å²) >= 11 is 0. The third-order valence-electron chi connectivity index (χ3n) is 1.79. The molecule has 0 aliphatic carbocycles. The number of aromatic nitrogens is 3. The normalized spacial score (nSPS) is 15.9. The number of nitrogens with zero attached hydrogens (tertiary/aromatic N) is 3. The fraction of sp³-hybridized carbons (Fsp3) is 0.500. The van der Waals surface area contributed by atoms with Gasteiger partial charge in [0.15, 0.2) is 5.82 Å². The zero-order valence-electron chi connectivity index (χ0n) is 6.16. The van der Waals surface area contributed by atoms with Gasteiger partial charge in [-0.2, -0.15) is 0 Å². The van der Waals surface area contributed by atoms with Crippen molar-refractivity contribution in [2.24, 2.45) is 7.05 Å². The van der Waals surface area contributed by atoms with Crippen LogP contribution in [0, 0.1) is 0 Å². The second kappa shape index (κ2) is 2.05. The van der Waals surface area contributed by atoms with Gasteiger partial charge in [0.05, 0.1) is 5.69 Å². The fourth-order valence-corrected chi connectivity index (χ4v) is 1.18. The molecule has 1 amide bonds. The zero-order valence-corrected chi connectivity index (χ0v) is 6.16. The van der Waals surface area contributed by atoms with Crippen LogP contribution in [0.4, 0.5) is 5.82 Å². The molecule has 58 valence electrons. The summed E-state index contributed by atoms with van der Waals surface area (Å²) in [6.07, 6.45) is 1.28. The lowest BCUT2D eigenvalue weighted by atomic mass is 10.2. The molecular formula is C6H8N4O. The molecule has 1 aliphatic heterocycles. The average Bonchev–Trinajstić information content (AvgIpc) is 2.32. The number of anilines is 1. The number of hydrogen-bond acceptors (Lipinski definition) is 3. The number of nitrogens with one attached hydrogen (secondary N) is 1. The summed E-state index contributed by atoms with van der Waals surface area (Å²) in [5, 5.41) is 10.2. The molecule has 2 rings (SSSR count). The third kappa shape index (κ3) is 0.886. The minimum atomic E-state index is 0.0259. The standard InChI is InChI=1S/C6H8N4O/c1-10-4-2-3-5(11)7-6(4)8-9-10/h2-3H2,1H3,(H,7,11). The first-order valence-corrected chi connectivity index (χ1v) is 3.46. The van der Waals surface area contributed by atoms with Gasteiger partial charge in [0.1, 0.15) is 0 Å². The first-order chi connectivity index (χ1) is 5.27. The van der Waals surface area contributed by atoms with E-state index < -0.39 is 0 Å². The molecule has 5 heteroatoms. The Kier molecular flexibility index (Phi) is 1.18. The van der Waals surface area contributed by atoms with Crippen LogP contribution in [-0.2, 0) is 18.3 Å². The highest BCUT2D eigenvalue weighted by Gasteiger charge is 2.19. The molecule has 11 heavy (non-hydrogen) atoms. The maximum absolute atomic E-state index is 10.8. The van der Waals surface area contributed by atoms with Gasteiger partial charge in [-0.3, -0.25) is 9.48 Å². The fourth-order valence-electron chi connectivity index (χ4n) is 1.18. The van der Waals surface area contributed by atoms with Crippen molar-refractivity contribution in [3.63, 3.8) is 0 Å². The molecule has 5 nitrogen and oxygen atoms in total. The van der Waals surface area contributed by atoms with Gasteiger partial charge >= 0.3 is 0 Å². The van der Waals surface area contributed by atoms with Gasteiger partial charge in [0.25, 0.3) is 0 Å². The van der Waals surface area contributed by atoms with E-state index in [9.17, 15) is 4.79 Å². The minimum absolute atomic E-state index is 0.0259. The first kappa shape index (κ1) is 6.33. The van der Waals surface area contributed by atoms with Crippen LogP contribution in [0.5, 0.6) is 0 Å². The van der Waals surface area contributed by atoms with Crippen molar-refractivity contribution in [3.05, 3.63) is 5.69 Å². The van der Waals surface area contributed by atoms with E-state index in [0.29, 0.717) is 12.2 Å². The molecule has 0 saturated heterocycles. The molecule has 0 bridgehead atoms. The van der Waals surface area contributed by atoms with E-state index in [-0.39, 0.29) is 5.91 Å². The Morgan fingerprint density at radius 1 is 1.55 bits per heavy atom. The van der Waals surface area contributed by atoms with E-state index >= 15 is 0 Å². The van der Waals surface area contributed by atoms with E-state index in [2.05, 4.69) is 15.6 Å². The lowest BCUT2D eigenvalue weighted by Crippen LogP contribution is -2.19. The maximum Gasteiger partial charge on any atom is 0.226 e. The molecule has 1 aliphatic rings. The number of carbonyl (C=O) groups excluding carboxylic acids is 1. The third-order valence-corrected chi connectivity index (χ3v) is 1.79. The van der Waals surface area contributed by atoms with Crippen LogP contribution in [0.15, 0.2) is 0 Å². The van der Waals surface area contributed by atoms with Gasteiger partial charge in [-0.05, 0) is 0 Å². The Balaban J connectivity index is 2.44. The highest BCUT2D eigenvalue weighted by molar-refractivity contribution is 5.92. The summed E-state index contributed by atoms with van der Waals surface area (Å²) in [5.74, 6) is 0.641. The van der Waals surface area contributed by atoms with Crippen LogP contribution in [0.3, 0.4) is 0 Å². The van der Waals surface area contributed by atoms with Crippen LogP contribution < -0.4 is 5.32 Å². The number of fused-ring (bicyclic) bond motifs is 1. The Hall–Kier alpha value is -1.39. The quantitative estimate of drug-likeness (QED) is 0.555. The molecule has 0 radical (unpaired) electrons. The van der Waals surface area contributed by atoms with Crippen molar-refractivity contribution in [1.29, 1.82) is 0 Å². The van der Waals surface area contributed by atoms with Crippen molar-refractivity contribution < 1.29 is 4.79 Å². The number of aryl methyl sites for hydroxylation is 1. The van der Waals surface area contributed by atoms with Crippen molar-refractivity contribution in [3.8, 4) is 0 Å². The number of carbonyl (C=O) groups is 1. The average molecular weight is 152 g/mol. The summed E-state index contributed by atoms with van der Waals surface area (Å²) < 4.78 is 1.69. The molecule has 0 aromatic carbocycles. The molecule has 0 saturated carbocycles. The predicted molar refractivity (Wildman–Crippen MR) is 38.0 cm³/mol. The zero-order chi connectivity index (χ0) is 7.84. The highest BCUT2D eigenvalue weighted by atomic mass is 16.1. The van der Waals surface area contributed by atoms with E-state index in [1.165, 1.54) is 0 Å². The van der Waals surface area contributed by atoms with Gasteiger partial charge in [0, 0.05) is 19.9 Å². The SMILES string of the molecule is Cn1nnc2c1CCC(=O)N2. The highest BCUT2D eigenvalue weighted by Crippen LogP contribution is 2.17. The lowest BCUT2D eigenvalue weighted by molar-refractivity contribution is -0.116. The van der Waals surface area contributed by atoms with Crippen molar-refractivity contribution in [2.75, 3.05) is 5.32 Å². The molecular weight excluding hydrogens is 144 g/mol. The van der Waals surface area contributed by atoms with Crippen LogP contribution in [0.1, 0.15) is 12.1 Å². The van der Waals surface area contributed by atoms with Crippen LogP contribution in [0.25, 0.3) is 0 Å². The Morgan fingerprint density at radius 3 is 3.18 bits per heavy atom. The van der Waals surface area contributed by atoms with E-state index in [4.69, 9.17) is 0 Å². The predicted octanol–water partition coefficient (Wildman–Crippen LogP) is -0.300. The van der Waals surface area contributed by atoms with E-state index in [1.54, 1.807) is 4.68 Å². The number of hydrogen-bond donors (Lipinski definition) is 1. The summed E-state index contributed by atoms with van der Waals surface area (Å²) in [6.45, 7) is 0. The smallest absolute Gasteiger partial charge is 0.226 e. The van der Waals surface area contributed by atoms with Gasteiger partial charge < -0.3 is 5.32 Å². The summed E-state index contributed by atoms with van der Waals surface area (Å²) in [6, 6.07) is 0. The van der Waals surface area contributed by atoms with Gasteiger partial charge in [-0.15, -0.1) is 5.10 Å². The molecule has 1 aromatic rings. The van der Waals surface area contributed by atoms with Gasteiger partial charge in [-0.1, -0.05) is 5.21 Å². The van der Waals surface area contributed by atoms with E-state index in [1.807, 2.05) is 7.05 Å². The summed E-state index contributed by atoms with van der Waals surface area (Å²) in [7, 11) is 1.82.